The standard InChI is InChI=1S/C26H27Cl2F2NO5/c27-19-3-1-18(12-22(19)30)36-15-16(32)13-25-6-8-26(9-7-25,23(33)14-25)31-24(34)5-10-35-17-2-4-21(29)20(28)11-17/h1-4,11-12,23,33H,5-10,13-15H2,(H,31,34)/t23-,25?,26?/m0/s1. The molecule has 2 bridgehead atoms. The Kier molecular flexibility index (Phi) is 8.07. The van der Waals surface area contributed by atoms with Crippen molar-refractivity contribution in [3.05, 3.63) is 58.1 Å². The first-order chi connectivity index (χ1) is 17.1. The average molecular weight is 542 g/mol. The zero-order chi connectivity index (χ0) is 25.9. The van der Waals surface area contributed by atoms with Gasteiger partial charge in [0, 0.05) is 18.6 Å². The van der Waals surface area contributed by atoms with Crippen molar-refractivity contribution in [2.24, 2.45) is 5.41 Å². The van der Waals surface area contributed by atoms with Gasteiger partial charge in [0.2, 0.25) is 5.91 Å². The lowest BCUT2D eigenvalue weighted by atomic mass is 9.54. The van der Waals surface area contributed by atoms with Crippen LogP contribution in [0.3, 0.4) is 0 Å². The predicted octanol–water partition coefficient (Wildman–Crippen LogP) is 5.26. The normalized spacial score (nSPS) is 24.9. The highest BCUT2D eigenvalue weighted by molar-refractivity contribution is 6.31. The minimum absolute atomic E-state index is 0.0214. The van der Waals surface area contributed by atoms with Crippen LogP contribution in [-0.2, 0) is 9.59 Å². The quantitative estimate of drug-likeness (QED) is 0.428. The largest absolute Gasteiger partial charge is 0.493 e. The number of carbonyl (C=O) groups is 2. The van der Waals surface area contributed by atoms with Crippen molar-refractivity contribution >= 4 is 34.9 Å². The number of aliphatic hydroxyl groups excluding tert-OH is 1. The molecule has 0 saturated heterocycles. The Balaban J connectivity index is 1.24. The van der Waals surface area contributed by atoms with Gasteiger partial charge in [-0.1, -0.05) is 23.2 Å². The van der Waals surface area contributed by atoms with Crippen LogP contribution >= 0.6 is 23.2 Å². The number of ether oxygens (including phenoxy) is 2. The number of ketones is 1. The van der Waals surface area contributed by atoms with E-state index in [2.05, 4.69) is 5.32 Å². The van der Waals surface area contributed by atoms with E-state index >= 15 is 0 Å². The summed E-state index contributed by atoms with van der Waals surface area (Å²) in [5.41, 5.74) is -1.07. The Morgan fingerprint density at radius 2 is 1.67 bits per heavy atom. The molecule has 3 fully saturated rings. The number of Topliss-reactive ketones (excluding diaryl/α,β-unsaturated/α-hetero) is 1. The fourth-order valence-corrected chi connectivity index (χ4v) is 5.48. The molecular formula is C26H27Cl2F2NO5. The molecule has 2 aromatic carbocycles. The number of carbonyl (C=O) groups excluding carboxylic acids is 2. The van der Waals surface area contributed by atoms with E-state index in [1.54, 1.807) is 0 Å². The van der Waals surface area contributed by atoms with Gasteiger partial charge in [-0.25, -0.2) is 8.78 Å². The molecule has 0 aliphatic heterocycles. The molecule has 36 heavy (non-hydrogen) atoms. The van der Waals surface area contributed by atoms with Crippen LogP contribution in [0.15, 0.2) is 36.4 Å². The highest BCUT2D eigenvalue weighted by Crippen LogP contribution is 2.54. The van der Waals surface area contributed by atoms with Crippen molar-refractivity contribution < 1.29 is 33.0 Å². The third kappa shape index (κ3) is 6.10. The van der Waals surface area contributed by atoms with Gasteiger partial charge in [0.25, 0.3) is 0 Å². The third-order valence-corrected chi connectivity index (χ3v) is 7.80. The molecule has 1 atom stereocenters. The van der Waals surface area contributed by atoms with Crippen molar-refractivity contribution in [3.63, 3.8) is 0 Å². The summed E-state index contributed by atoms with van der Waals surface area (Å²) in [7, 11) is 0. The van der Waals surface area contributed by atoms with E-state index in [1.165, 1.54) is 30.3 Å². The van der Waals surface area contributed by atoms with E-state index in [4.69, 9.17) is 32.7 Å². The topological polar surface area (TPSA) is 84.9 Å². The maximum Gasteiger partial charge on any atom is 0.223 e. The zero-order valence-corrected chi connectivity index (χ0v) is 21.0. The average Bonchev–Trinajstić information content (AvgIpc) is 2.83. The molecule has 6 nitrogen and oxygen atoms in total. The fourth-order valence-electron chi connectivity index (χ4n) is 5.19. The molecule has 1 amide bonds. The molecule has 2 aromatic rings. The number of amides is 1. The first kappa shape index (κ1) is 26.6. The van der Waals surface area contributed by atoms with Crippen LogP contribution < -0.4 is 14.8 Å². The van der Waals surface area contributed by atoms with Gasteiger partial charge in [0.15, 0.2) is 5.78 Å². The summed E-state index contributed by atoms with van der Waals surface area (Å²) in [6.07, 6.45) is 2.44. The van der Waals surface area contributed by atoms with Crippen LogP contribution in [0.5, 0.6) is 11.5 Å². The summed E-state index contributed by atoms with van der Waals surface area (Å²) < 4.78 is 37.7. The lowest BCUT2D eigenvalue weighted by Gasteiger charge is -2.56. The van der Waals surface area contributed by atoms with E-state index in [1.807, 2.05) is 0 Å². The highest BCUT2D eigenvalue weighted by Gasteiger charge is 2.55. The lowest BCUT2D eigenvalue weighted by Crippen LogP contribution is -2.65. The smallest absolute Gasteiger partial charge is 0.223 e. The number of fused-ring (bicyclic) bond motifs is 3. The third-order valence-electron chi connectivity index (χ3n) is 7.21. The van der Waals surface area contributed by atoms with Gasteiger partial charge in [-0.3, -0.25) is 9.59 Å². The second-order valence-electron chi connectivity index (χ2n) is 9.68. The summed E-state index contributed by atoms with van der Waals surface area (Å²) in [4.78, 5) is 25.2. The van der Waals surface area contributed by atoms with Gasteiger partial charge < -0.3 is 19.9 Å². The van der Waals surface area contributed by atoms with E-state index in [-0.39, 0.29) is 59.0 Å². The van der Waals surface area contributed by atoms with Crippen LogP contribution in [0.1, 0.15) is 44.9 Å². The minimum Gasteiger partial charge on any atom is -0.493 e. The Morgan fingerprint density at radius 3 is 2.33 bits per heavy atom. The molecule has 3 aliphatic rings. The van der Waals surface area contributed by atoms with Gasteiger partial charge in [-0.2, -0.15) is 0 Å². The highest BCUT2D eigenvalue weighted by atomic mass is 35.5. The second-order valence-corrected chi connectivity index (χ2v) is 10.5. The SMILES string of the molecule is O=C(COc1ccc(Cl)c(F)c1)CC12CCC(NC(=O)CCOc3ccc(F)c(Cl)c3)(CC1)[C@@H](O)C2. The lowest BCUT2D eigenvalue weighted by molar-refractivity contribution is -0.139. The number of nitrogens with one attached hydrogen (secondary N) is 1. The first-order valence-corrected chi connectivity index (χ1v) is 12.5. The van der Waals surface area contributed by atoms with Crippen molar-refractivity contribution in [2.75, 3.05) is 13.2 Å². The molecule has 0 aromatic heterocycles. The number of halogens is 4. The molecule has 3 saturated carbocycles. The number of hydrogen-bond donors (Lipinski definition) is 2. The Labute approximate surface area is 217 Å². The van der Waals surface area contributed by atoms with Crippen LogP contribution in [0.2, 0.25) is 10.0 Å². The van der Waals surface area contributed by atoms with Crippen molar-refractivity contribution in [1.82, 2.24) is 5.32 Å². The zero-order valence-electron chi connectivity index (χ0n) is 19.5. The van der Waals surface area contributed by atoms with Crippen molar-refractivity contribution in [3.8, 4) is 11.5 Å². The van der Waals surface area contributed by atoms with Gasteiger partial charge in [0.05, 0.1) is 34.7 Å². The molecule has 0 heterocycles. The summed E-state index contributed by atoms with van der Waals surface area (Å²) >= 11 is 11.4. The van der Waals surface area contributed by atoms with Crippen LogP contribution in [0, 0.1) is 17.0 Å². The Bertz CT molecular complexity index is 1140. The van der Waals surface area contributed by atoms with Crippen LogP contribution in [0.4, 0.5) is 8.78 Å². The van der Waals surface area contributed by atoms with E-state index < -0.39 is 23.3 Å². The molecule has 0 unspecified atom stereocenters. The van der Waals surface area contributed by atoms with E-state index in [0.29, 0.717) is 37.9 Å². The summed E-state index contributed by atoms with van der Waals surface area (Å²) in [6.45, 7) is -0.115. The van der Waals surface area contributed by atoms with Gasteiger partial charge in [0.1, 0.15) is 29.7 Å². The molecular weight excluding hydrogens is 515 g/mol. The van der Waals surface area contributed by atoms with E-state index in [0.717, 1.165) is 6.07 Å². The molecule has 2 N–H and O–H groups in total. The first-order valence-electron chi connectivity index (χ1n) is 11.8. The summed E-state index contributed by atoms with van der Waals surface area (Å²) in [5.74, 6) is -0.963. The van der Waals surface area contributed by atoms with Gasteiger partial charge >= 0.3 is 0 Å². The van der Waals surface area contributed by atoms with E-state index in [9.17, 15) is 23.5 Å². The Morgan fingerprint density at radius 1 is 0.972 bits per heavy atom. The number of benzene rings is 2. The Hall–Kier alpha value is -2.42. The fraction of sp³-hybridized carbons (Fsp3) is 0.462. The van der Waals surface area contributed by atoms with Crippen molar-refractivity contribution in [1.29, 1.82) is 0 Å². The molecule has 0 spiro atoms. The molecule has 0 radical (unpaired) electrons. The number of hydrogen-bond acceptors (Lipinski definition) is 5. The monoisotopic (exact) mass is 541 g/mol. The predicted molar refractivity (Wildman–Crippen MR) is 130 cm³/mol. The number of rotatable bonds is 10. The van der Waals surface area contributed by atoms with Crippen LogP contribution in [-0.4, -0.2) is 41.7 Å². The molecule has 3 aliphatic carbocycles. The maximum atomic E-state index is 13.6. The van der Waals surface area contributed by atoms with Gasteiger partial charge in [-0.05, 0) is 61.8 Å². The van der Waals surface area contributed by atoms with Crippen LogP contribution in [0.25, 0.3) is 0 Å². The molecule has 10 heteroatoms. The molecule has 5 rings (SSSR count). The summed E-state index contributed by atoms with van der Waals surface area (Å²) in [5, 5.41) is 13.8. The number of aliphatic hydroxyl groups is 1. The van der Waals surface area contributed by atoms with Gasteiger partial charge in [-0.15, -0.1) is 0 Å². The maximum absolute atomic E-state index is 13.6. The second kappa shape index (κ2) is 10.9. The minimum atomic E-state index is -0.778. The van der Waals surface area contributed by atoms with Crippen molar-refractivity contribution in [2.45, 2.75) is 56.6 Å². The summed E-state index contributed by atoms with van der Waals surface area (Å²) in [6, 6.07) is 7.97. The molecule has 194 valence electrons.